The fourth-order valence-corrected chi connectivity index (χ4v) is 3.06. The molecule has 0 saturated carbocycles. The first-order chi connectivity index (χ1) is 13.5. The Morgan fingerprint density at radius 1 is 0.857 bits per heavy atom. The van der Waals surface area contributed by atoms with Gasteiger partial charge in [0.2, 0.25) is 0 Å². The van der Waals surface area contributed by atoms with E-state index in [0.717, 1.165) is 28.2 Å². The number of methoxy groups -OCH3 is 1. The summed E-state index contributed by atoms with van der Waals surface area (Å²) in [5.41, 5.74) is 3.02. The van der Waals surface area contributed by atoms with Crippen molar-refractivity contribution in [3.63, 3.8) is 0 Å². The molecule has 6 heteroatoms. The zero-order chi connectivity index (χ0) is 19.9. The number of benzene rings is 3. The van der Waals surface area contributed by atoms with Crippen molar-refractivity contribution >= 4 is 40.4 Å². The molecular weight excluding hydrogens is 413 g/mol. The van der Waals surface area contributed by atoms with Gasteiger partial charge in [-0.3, -0.25) is 0 Å². The SMILES string of the molecule is COc1ccc(CNC(=S)c2ccc(OCc3ccc(Cl)c(Cl)c3)cc2)cc1. The van der Waals surface area contributed by atoms with E-state index in [1.807, 2.05) is 54.6 Å². The van der Waals surface area contributed by atoms with Crippen molar-refractivity contribution in [3.8, 4) is 11.5 Å². The largest absolute Gasteiger partial charge is 0.497 e. The molecule has 0 atom stereocenters. The Kier molecular flexibility index (Phi) is 7.15. The molecule has 0 unspecified atom stereocenters. The summed E-state index contributed by atoms with van der Waals surface area (Å²) in [6.07, 6.45) is 0. The highest BCUT2D eigenvalue weighted by atomic mass is 35.5. The molecule has 28 heavy (non-hydrogen) atoms. The number of hydrogen-bond acceptors (Lipinski definition) is 3. The van der Waals surface area contributed by atoms with Gasteiger partial charge >= 0.3 is 0 Å². The minimum atomic E-state index is 0.413. The fourth-order valence-electron chi connectivity index (χ4n) is 2.53. The molecule has 3 aromatic carbocycles. The van der Waals surface area contributed by atoms with E-state index in [0.29, 0.717) is 28.2 Å². The van der Waals surface area contributed by atoms with Gasteiger partial charge in [0, 0.05) is 12.1 Å². The number of halogens is 2. The molecule has 0 aliphatic carbocycles. The van der Waals surface area contributed by atoms with Crippen molar-refractivity contribution in [2.75, 3.05) is 7.11 Å². The summed E-state index contributed by atoms with van der Waals surface area (Å²) in [7, 11) is 1.65. The second kappa shape index (κ2) is 9.78. The number of hydrogen-bond donors (Lipinski definition) is 1. The van der Waals surface area contributed by atoms with E-state index in [9.17, 15) is 0 Å². The van der Waals surface area contributed by atoms with Gasteiger partial charge in [0.15, 0.2) is 0 Å². The molecule has 0 aliphatic heterocycles. The van der Waals surface area contributed by atoms with Crippen molar-refractivity contribution in [1.29, 1.82) is 0 Å². The van der Waals surface area contributed by atoms with Crippen molar-refractivity contribution in [2.24, 2.45) is 0 Å². The van der Waals surface area contributed by atoms with Crippen molar-refractivity contribution in [3.05, 3.63) is 93.5 Å². The van der Waals surface area contributed by atoms with Crippen LogP contribution in [0.25, 0.3) is 0 Å². The lowest BCUT2D eigenvalue weighted by Gasteiger charge is -2.11. The van der Waals surface area contributed by atoms with Crippen LogP contribution in [0.2, 0.25) is 10.0 Å². The monoisotopic (exact) mass is 431 g/mol. The van der Waals surface area contributed by atoms with Gasteiger partial charge in [0.25, 0.3) is 0 Å². The highest BCUT2D eigenvalue weighted by molar-refractivity contribution is 7.80. The zero-order valence-electron chi connectivity index (χ0n) is 15.2. The number of nitrogens with one attached hydrogen (secondary N) is 1. The number of thiocarbonyl (C=S) groups is 1. The van der Waals surface area contributed by atoms with Gasteiger partial charge in [-0.25, -0.2) is 0 Å². The van der Waals surface area contributed by atoms with Gasteiger partial charge in [-0.2, -0.15) is 0 Å². The molecule has 0 saturated heterocycles. The van der Waals surface area contributed by atoms with Crippen LogP contribution in [0.5, 0.6) is 11.5 Å². The fraction of sp³-hybridized carbons (Fsp3) is 0.136. The van der Waals surface area contributed by atoms with E-state index >= 15 is 0 Å². The molecule has 0 spiro atoms. The predicted octanol–water partition coefficient (Wildman–Crippen LogP) is 6.05. The predicted molar refractivity (Wildman–Crippen MR) is 119 cm³/mol. The first-order valence-corrected chi connectivity index (χ1v) is 9.79. The molecule has 0 heterocycles. The van der Waals surface area contributed by atoms with E-state index in [1.165, 1.54) is 0 Å². The molecule has 0 aliphatic rings. The lowest BCUT2D eigenvalue weighted by Crippen LogP contribution is -2.21. The van der Waals surface area contributed by atoms with Gasteiger partial charge in [-0.15, -0.1) is 0 Å². The van der Waals surface area contributed by atoms with Crippen molar-refractivity contribution < 1.29 is 9.47 Å². The zero-order valence-corrected chi connectivity index (χ0v) is 17.6. The Morgan fingerprint density at radius 3 is 2.14 bits per heavy atom. The van der Waals surface area contributed by atoms with Crippen LogP contribution in [0.4, 0.5) is 0 Å². The Hall–Kier alpha value is -2.27. The summed E-state index contributed by atoms with van der Waals surface area (Å²) >= 11 is 17.4. The Bertz CT molecular complexity index is 944. The molecule has 0 amide bonds. The van der Waals surface area contributed by atoms with Crippen molar-refractivity contribution in [1.82, 2.24) is 5.32 Å². The summed E-state index contributed by atoms with van der Waals surface area (Å²) in [6, 6.07) is 21.0. The summed E-state index contributed by atoms with van der Waals surface area (Å²) in [5.74, 6) is 1.59. The minimum Gasteiger partial charge on any atom is -0.497 e. The molecule has 0 fully saturated rings. The standard InChI is InChI=1S/C22H19Cl2NO2S/c1-26-18-7-2-15(3-8-18)13-25-22(28)17-5-9-19(10-6-17)27-14-16-4-11-20(23)21(24)12-16/h2-12H,13-14H2,1H3,(H,25,28). The highest BCUT2D eigenvalue weighted by Crippen LogP contribution is 2.23. The topological polar surface area (TPSA) is 30.5 Å². The first kappa shape index (κ1) is 20.5. The smallest absolute Gasteiger partial charge is 0.119 e. The Balaban J connectivity index is 1.52. The maximum Gasteiger partial charge on any atom is 0.119 e. The van der Waals surface area contributed by atoms with Crippen LogP contribution in [0.3, 0.4) is 0 Å². The van der Waals surface area contributed by atoms with Crippen LogP contribution < -0.4 is 14.8 Å². The van der Waals surface area contributed by atoms with Crippen LogP contribution in [-0.4, -0.2) is 12.1 Å². The van der Waals surface area contributed by atoms with Gasteiger partial charge in [-0.05, 0) is 59.7 Å². The Labute approximate surface area is 180 Å². The number of rotatable bonds is 7. The summed E-state index contributed by atoms with van der Waals surface area (Å²) in [4.78, 5) is 0.687. The first-order valence-electron chi connectivity index (χ1n) is 8.63. The van der Waals surface area contributed by atoms with Crippen LogP contribution >= 0.6 is 35.4 Å². The van der Waals surface area contributed by atoms with Crippen molar-refractivity contribution in [2.45, 2.75) is 13.2 Å². The summed E-state index contributed by atoms with van der Waals surface area (Å²) in [6.45, 7) is 1.06. The summed E-state index contributed by atoms with van der Waals surface area (Å²) in [5, 5.41) is 4.32. The van der Waals surface area contributed by atoms with E-state index in [1.54, 1.807) is 19.2 Å². The minimum absolute atomic E-state index is 0.413. The van der Waals surface area contributed by atoms with Crippen LogP contribution in [-0.2, 0) is 13.2 Å². The molecule has 0 bridgehead atoms. The molecular formula is C22H19Cl2NO2S. The third-order valence-electron chi connectivity index (χ3n) is 4.12. The quantitative estimate of drug-likeness (QED) is 0.461. The average Bonchev–Trinajstić information content (AvgIpc) is 2.73. The molecule has 0 radical (unpaired) electrons. The molecule has 3 rings (SSSR count). The van der Waals surface area contributed by atoms with E-state index in [-0.39, 0.29) is 0 Å². The normalized spacial score (nSPS) is 10.4. The average molecular weight is 432 g/mol. The van der Waals surface area contributed by atoms with Gasteiger partial charge in [-0.1, -0.05) is 53.6 Å². The van der Waals surface area contributed by atoms with Gasteiger partial charge in [0.1, 0.15) is 23.1 Å². The lowest BCUT2D eigenvalue weighted by molar-refractivity contribution is 0.306. The van der Waals surface area contributed by atoms with E-state index < -0.39 is 0 Å². The van der Waals surface area contributed by atoms with Gasteiger partial charge < -0.3 is 14.8 Å². The molecule has 3 nitrogen and oxygen atoms in total. The highest BCUT2D eigenvalue weighted by Gasteiger charge is 2.04. The molecule has 144 valence electrons. The van der Waals surface area contributed by atoms with Crippen LogP contribution in [0, 0.1) is 0 Å². The molecule has 0 aromatic heterocycles. The maximum absolute atomic E-state index is 6.03. The molecule has 3 aromatic rings. The van der Waals surface area contributed by atoms with Crippen LogP contribution in [0.1, 0.15) is 16.7 Å². The third kappa shape index (κ3) is 5.61. The second-order valence-electron chi connectivity index (χ2n) is 6.09. The second-order valence-corrected chi connectivity index (χ2v) is 7.31. The maximum atomic E-state index is 6.03. The number of ether oxygens (including phenoxy) is 2. The summed E-state index contributed by atoms with van der Waals surface area (Å²) < 4.78 is 11.0. The lowest BCUT2D eigenvalue weighted by atomic mass is 10.2. The van der Waals surface area contributed by atoms with E-state index in [2.05, 4.69) is 5.32 Å². The van der Waals surface area contributed by atoms with Gasteiger partial charge in [0.05, 0.1) is 17.2 Å². The third-order valence-corrected chi connectivity index (χ3v) is 5.24. The molecule has 1 N–H and O–H groups in total. The Morgan fingerprint density at radius 2 is 1.50 bits per heavy atom. The van der Waals surface area contributed by atoms with Crippen LogP contribution in [0.15, 0.2) is 66.7 Å². The van der Waals surface area contributed by atoms with E-state index in [4.69, 9.17) is 44.9 Å².